The van der Waals surface area contributed by atoms with Gasteiger partial charge in [-0.25, -0.2) is 4.79 Å². The summed E-state index contributed by atoms with van der Waals surface area (Å²) in [4.78, 5) is 38.6. The highest BCUT2D eigenvalue weighted by Gasteiger charge is 2.28. The number of hydrogen-bond donors (Lipinski definition) is 1. The Morgan fingerprint density at radius 3 is 2.47 bits per heavy atom. The molecule has 1 amide bonds. The molecule has 1 aliphatic heterocycles. The van der Waals surface area contributed by atoms with Gasteiger partial charge in [-0.2, -0.15) is 0 Å². The number of piperidine rings is 1. The maximum Gasteiger partial charge on any atom is 0.340 e. The van der Waals surface area contributed by atoms with Crippen LogP contribution in [0.1, 0.15) is 29.5 Å². The van der Waals surface area contributed by atoms with Crippen molar-refractivity contribution in [1.82, 2.24) is 4.90 Å². The molecular formula is C27H25NO6. The van der Waals surface area contributed by atoms with Gasteiger partial charge in [-0.15, -0.1) is 0 Å². The number of furan rings is 1. The third-order valence-corrected chi connectivity index (χ3v) is 6.89. The van der Waals surface area contributed by atoms with E-state index in [9.17, 15) is 19.5 Å². The Bertz CT molecular complexity index is 1470. The van der Waals surface area contributed by atoms with Crippen LogP contribution in [-0.2, 0) is 16.0 Å². The van der Waals surface area contributed by atoms with Crippen molar-refractivity contribution >= 4 is 33.8 Å². The average Bonchev–Trinajstić information content (AvgIpc) is 3.28. The molecule has 1 saturated heterocycles. The molecule has 0 radical (unpaired) electrons. The van der Waals surface area contributed by atoms with Crippen LogP contribution in [0.15, 0.2) is 56.3 Å². The first kappa shape index (κ1) is 21.9. The maximum atomic E-state index is 13.0. The second-order valence-corrected chi connectivity index (χ2v) is 8.95. The zero-order chi connectivity index (χ0) is 24.0. The molecule has 2 aromatic carbocycles. The number of fused-ring (bicyclic) bond motifs is 3. The largest absolute Gasteiger partial charge is 0.481 e. The lowest BCUT2D eigenvalue weighted by atomic mass is 9.95. The number of carboxylic acids is 1. The van der Waals surface area contributed by atoms with Crippen molar-refractivity contribution in [2.75, 3.05) is 13.1 Å². The molecule has 1 fully saturated rings. The molecule has 0 spiro atoms. The standard InChI is InChI=1S/C27H25NO6/c1-15-12-21-24(25-23(15)20(14-33-25)17-6-4-3-5-7-17)16(2)19(27(32)34-21)13-22(29)28-10-8-18(9-11-28)26(30)31/h3-7,12,14,18H,8-11,13H2,1-2H3,(H,30,31). The SMILES string of the molecule is Cc1cc2oc(=O)c(CC(=O)N3CCC(C(=O)O)CC3)c(C)c2c2occ(-c3ccccc3)c12. The molecule has 1 aliphatic rings. The third-order valence-electron chi connectivity index (χ3n) is 6.89. The quantitative estimate of drug-likeness (QED) is 0.445. The Hall–Kier alpha value is -3.87. The van der Waals surface area contributed by atoms with E-state index in [4.69, 9.17) is 8.83 Å². The topological polar surface area (TPSA) is 101 Å². The van der Waals surface area contributed by atoms with Crippen molar-refractivity contribution in [2.45, 2.75) is 33.1 Å². The molecule has 0 saturated carbocycles. The summed E-state index contributed by atoms with van der Waals surface area (Å²) in [5.74, 6) is -1.46. The van der Waals surface area contributed by atoms with Gasteiger partial charge >= 0.3 is 11.6 Å². The fourth-order valence-corrected chi connectivity index (χ4v) is 4.96. The lowest BCUT2D eigenvalue weighted by molar-refractivity contribution is -0.145. The van der Waals surface area contributed by atoms with Crippen LogP contribution in [0.5, 0.6) is 0 Å². The van der Waals surface area contributed by atoms with E-state index in [-0.39, 0.29) is 12.3 Å². The minimum atomic E-state index is -0.828. The van der Waals surface area contributed by atoms with Gasteiger partial charge in [-0.1, -0.05) is 30.3 Å². The fraction of sp³-hybridized carbons (Fsp3) is 0.296. The van der Waals surface area contributed by atoms with Crippen LogP contribution >= 0.6 is 0 Å². The van der Waals surface area contributed by atoms with E-state index in [1.165, 1.54) is 0 Å². The first-order valence-electron chi connectivity index (χ1n) is 11.4. The molecule has 3 heterocycles. The van der Waals surface area contributed by atoms with E-state index in [0.29, 0.717) is 53.6 Å². The van der Waals surface area contributed by atoms with Gasteiger partial charge in [-0.05, 0) is 49.4 Å². The Morgan fingerprint density at radius 2 is 1.79 bits per heavy atom. The highest BCUT2D eigenvalue weighted by molar-refractivity contribution is 6.11. The van der Waals surface area contributed by atoms with E-state index >= 15 is 0 Å². The van der Waals surface area contributed by atoms with Gasteiger partial charge in [0, 0.05) is 24.0 Å². The summed E-state index contributed by atoms with van der Waals surface area (Å²) in [6.07, 6.45) is 2.46. The summed E-state index contributed by atoms with van der Waals surface area (Å²) in [5.41, 5.74) is 4.42. The van der Waals surface area contributed by atoms with E-state index in [1.807, 2.05) is 50.2 Å². The summed E-state index contributed by atoms with van der Waals surface area (Å²) in [7, 11) is 0. The number of carbonyl (C=O) groups excluding carboxylic acids is 1. The summed E-state index contributed by atoms with van der Waals surface area (Å²) in [5, 5.41) is 10.8. The monoisotopic (exact) mass is 459 g/mol. The minimum absolute atomic E-state index is 0.0938. The number of aryl methyl sites for hydroxylation is 2. The van der Waals surface area contributed by atoms with Crippen molar-refractivity contribution in [3.8, 4) is 11.1 Å². The highest BCUT2D eigenvalue weighted by Crippen LogP contribution is 2.38. The normalized spacial score (nSPS) is 14.7. The van der Waals surface area contributed by atoms with Gasteiger partial charge in [-0.3, -0.25) is 9.59 Å². The Kier molecular flexibility index (Phi) is 5.48. The van der Waals surface area contributed by atoms with Gasteiger partial charge in [0.1, 0.15) is 11.2 Å². The number of benzene rings is 2. The van der Waals surface area contributed by atoms with Crippen LogP contribution in [0.25, 0.3) is 33.1 Å². The van der Waals surface area contributed by atoms with Crippen molar-refractivity contribution < 1.29 is 23.5 Å². The number of amides is 1. The van der Waals surface area contributed by atoms with Crippen LogP contribution < -0.4 is 5.63 Å². The molecular weight excluding hydrogens is 434 g/mol. The van der Waals surface area contributed by atoms with Gasteiger partial charge < -0.3 is 18.8 Å². The summed E-state index contributed by atoms with van der Waals surface area (Å²) >= 11 is 0. The molecule has 7 nitrogen and oxygen atoms in total. The average molecular weight is 459 g/mol. The molecule has 2 aromatic heterocycles. The summed E-state index contributed by atoms with van der Waals surface area (Å²) < 4.78 is 11.7. The predicted molar refractivity (Wildman–Crippen MR) is 128 cm³/mol. The lowest BCUT2D eigenvalue weighted by Gasteiger charge is -2.30. The third kappa shape index (κ3) is 3.67. The molecule has 174 valence electrons. The van der Waals surface area contributed by atoms with Crippen LogP contribution in [0.3, 0.4) is 0 Å². The molecule has 0 bridgehead atoms. The number of hydrogen-bond acceptors (Lipinski definition) is 5. The minimum Gasteiger partial charge on any atom is -0.481 e. The molecule has 5 rings (SSSR count). The zero-order valence-corrected chi connectivity index (χ0v) is 19.1. The number of nitrogens with zero attached hydrogens (tertiary/aromatic N) is 1. The maximum absolute atomic E-state index is 13.0. The molecule has 1 N–H and O–H groups in total. The Balaban J connectivity index is 1.55. The summed E-state index contributed by atoms with van der Waals surface area (Å²) in [6, 6.07) is 11.8. The number of aliphatic carboxylic acids is 1. The first-order valence-corrected chi connectivity index (χ1v) is 11.4. The van der Waals surface area contributed by atoms with Gasteiger partial charge in [0.05, 0.1) is 29.6 Å². The van der Waals surface area contributed by atoms with Crippen LogP contribution in [0.2, 0.25) is 0 Å². The second-order valence-electron chi connectivity index (χ2n) is 8.95. The number of likely N-dealkylation sites (tertiary alicyclic amines) is 1. The van der Waals surface area contributed by atoms with Crippen molar-refractivity contribution in [1.29, 1.82) is 0 Å². The summed E-state index contributed by atoms with van der Waals surface area (Å²) in [6.45, 7) is 4.51. The van der Waals surface area contributed by atoms with Gasteiger partial charge in [0.15, 0.2) is 0 Å². The lowest BCUT2D eigenvalue weighted by Crippen LogP contribution is -2.41. The second kappa shape index (κ2) is 8.48. The zero-order valence-electron chi connectivity index (χ0n) is 19.1. The Labute approximate surface area is 195 Å². The van der Waals surface area contributed by atoms with Crippen LogP contribution in [0.4, 0.5) is 0 Å². The molecule has 0 aliphatic carbocycles. The Morgan fingerprint density at radius 1 is 1.09 bits per heavy atom. The van der Waals surface area contributed by atoms with Crippen molar-refractivity contribution in [3.63, 3.8) is 0 Å². The molecule has 0 atom stereocenters. The number of carboxylic acid groups (broad SMARTS) is 1. The van der Waals surface area contributed by atoms with Crippen molar-refractivity contribution in [2.24, 2.45) is 5.92 Å². The number of carbonyl (C=O) groups is 2. The van der Waals surface area contributed by atoms with E-state index in [1.54, 1.807) is 11.2 Å². The van der Waals surface area contributed by atoms with Crippen molar-refractivity contribution in [3.05, 3.63) is 69.8 Å². The van der Waals surface area contributed by atoms with Gasteiger partial charge in [0.2, 0.25) is 5.91 Å². The van der Waals surface area contributed by atoms with E-state index in [0.717, 1.165) is 22.1 Å². The molecule has 0 unspecified atom stereocenters. The first-order chi connectivity index (χ1) is 16.3. The van der Waals surface area contributed by atoms with E-state index < -0.39 is 17.5 Å². The van der Waals surface area contributed by atoms with Gasteiger partial charge in [0.25, 0.3) is 0 Å². The predicted octanol–water partition coefficient (Wildman–Crippen LogP) is 4.69. The highest BCUT2D eigenvalue weighted by atomic mass is 16.4. The fourth-order valence-electron chi connectivity index (χ4n) is 4.96. The molecule has 4 aromatic rings. The smallest absolute Gasteiger partial charge is 0.340 e. The van der Waals surface area contributed by atoms with Crippen LogP contribution in [-0.4, -0.2) is 35.0 Å². The molecule has 7 heteroatoms. The van der Waals surface area contributed by atoms with E-state index in [2.05, 4.69) is 0 Å². The number of rotatable bonds is 4. The molecule has 34 heavy (non-hydrogen) atoms. The van der Waals surface area contributed by atoms with Crippen LogP contribution in [0, 0.1) is 19.8 Å².